The minimum absolute atomic E-state index is 0.0546. The van der Waals surface area contributed by atoms with Gasteiger partial charge in [0.05, 0.1) is 4.90 Å². The van der Waals surface area contributed by atoms with Crippen LogP contribution in [0.1, 0.15) is 29.2 Å². The van der Waals surface area contributed by atoms with Crippen molar-refractivity contribution < 1.29 is 22.0 Å². The second-order valence-corrected chi connectivity index (χ2v) is 7.96. The van der Waals surface area contributed by atoms with Crippen molar-refractivity contribution in [2.45, 2.75) is 30.7 Å². The topological polar surface area (TPSA) is 79.6 Å². The summed E-state index contributed by atoms with van der Waals surface area (Å²) in [5, 5.41) is 2.86. The molecule has 0 atom stereocenters. The predicted octanol–water partition coefficient (Wildman–Crippen LogP) is 2.31. The van der Waals surface area contributed by atoms with E-state index in [1.165, 1.54) is 22.5 Å². The Morgan fingerprint density at radius 2 is 1.96 bits per heavy atom. The molecule has 0 aliphatic carbocycles. The third kappa shape index (κ3) is 3.91. The summed E-state index contributed by atoms with van der Waals surface area (Å²) in [4.78, 5) is 12.0. The van der Waals surface area contributed by atoms with E-state index in [2.05, 4.69) is 5.32 Å². The van der Waals surface area contributed by atoms with Gasteiger partial charge in [0, 0.05) is 19.1 Å². The van der Waals surface area contributed by atoms with Gasteiger partial charge in [0.15, 0.2) is 5.76 Å². The molecule has 1 aliphatic rings. The smallest absolute Gasteiger partial charge is 0.287 e. The van der Waals surface area contributed by atoms with Crippen LogP contribution in [0, 0.1) is 12.7 Å². The third-order valence-electron chi connectivity index (χ3n) is 4.19. The van der Waals surface area contributed by atoms with Gasteiger partial charge in [0.1, 0.15) is 11.6 Å². The molecule has 0 spiro atoms. The highest BCUT2D eigenvalue weighted by atomic mass is 32.2. The van der Waals surface area contributed by atoms with Crippen molar-refractivity contribution in [2.24, 2.45) is 0 Å². The first-order valence-corrected chi connectivity index (χ1v) is 9.43. The van der Waals surface area contributed by atoms with Gasteiger partial charge in [-0.2, -0.15) is 4.31 Å². The van der Waals surface area contributed by atoms with E-state index in [0.717, 1.165) is 6.07 Å². The van der Waals surface area contributed by atoms with Gasteiger partial charge in [-0.15, -0.1) is 0 Å². The quantitative estimate of drug-likeness (QED) is 0.901. The number of aryl methyl sites for hydroxylation is 1. The Morgan fingerprint density at radius 3 is 2.56 bits per heavy atom. The molecule has 8 heteroatoms. The molecule has 3 rings (SSSR count). The molecule has 6 nitrogen and oxygen atoms in total. The zero-order valence-electron chi connectivity index (χ0n) is 13.7. The second-order valence-electron chi connectivity index (χ2n) is 6.02. The van der Waals surface area contributed by atoms with Gasteiger partial charge >= 0.3 is 0 Å². The Morgan fingerprint density at radius 1 is 1.24 bits per heavy atom. The Balaban J connectivity index is 1.61. The maximum atomic E-state index is 13.3. The minimum Gasteiger partial charge on any atom is -0.456 e. The molecule has 1 aromatic carbocycles. The number of amides is 1. The normalized spacial score (nSPS) is 16.7. The van der Waals surface area contributed by atoms with Crippen LogP contribution >= 0.6 is 0 Å². The fourth-order valence-electron chi connectivity index (χ4n) is 2.83. The summed E-state index contributed by atoms with van der Waals surface area (Å²) in [5.41, 5.74) is 0. The Kier molecular flexibility index (Phi) is 4.91. The number of hydrogen-bond donors (Lipinski definition) is 1. The number of halogens is 1. The Bertz CT molecular complexity index is 870. The van der Waals surface area contributed by atoms with Crippen LogP contribution in [0.4, 0.5) is 4.39 Å². The molecule has 1 amide bonds. The molecular formula is C17H19FN2O4S. The highest BCUT2D eigenvalue weighted by Gasteiger charge is 2.30. The molecule has 0 bridgehead atoms. The molecule has 1 aromatic heterocycles. The molecule has 1 N–H and O–H groups in total. The number of sulfonamides is 1. The largest absolute Gasteiger partial charge is 0.456 e. The number of hydrogen-bond acceptors (Lipinski definition) is 4. The molecule has 0 radical (unpaired) electrons. The van der Waals surface area contributed by atoms with E-state index in [1.807, 2.05) is 0 Å². The molecule has 134 valence electrons. The predicted molar refractivity (Wildman–Crippen MR) is 89.1 cm³/mol. The van der Waals surface area contributed by atoms with Crippen LogP contribution in [-0.2, 0) is 10.0 Å². The summed E-state index contributed by atoms with van der Waals surface area (Å²) in [6, 6.07) is 8.17. The highest BCUT2D eigenvalue weighted by molar-refractivity contribution is 7.89. The maximum absolute atomic E-state index is 13.3. The van der Waals surface area contributed by atoms with Crippen LogP contribution in [0.3, 0.4) is 0 Å². The monoisotopic (exact) mass is 366 g/mol. The van der Waals surface area contributed by atoms with Crippen molar-refractivity contribution in [2.75, 3.05) is 13.1 Å². The lowest BCUT2D eigenvalue weighted by Crippen LogP contribution is -2.46. The first kappa shape index (κ1) is 17.6. The standard InChI is InChI=1S/C17H19FN2O4S/c1-12-5-6-16(24-12)17(21)19-14-7-9-20(10-8-14)25(22,23)15-4-2-3-13(18)11-15/h2-6,11,14H,7-10H2,1H3,(H,19,21). The summed E-state index contributed by atoms with van der Waals surface area (Å²) in [7, 11) is -3.72. The van der Waals surface area contributed by atoms with Crippen molar-refractivity contribution in [1.82, 2.24) is 9.62 Å². The van der Waals surface area contributed by atoms with E-state index in [-0.39, 0.29) is 35.7 Å². The van der Waals surface area contributed by atoms with Crippen molar-refractivity contribution in [3.8, 4) is 0 Å². The van der Waals surface area contributed by atoms with Gasteiger partial charge in [-0.1, -0.05) is 6.07 Å². The number of carbonyl (C=O) groups is 1. The van der Waals surface area contributed by atoms with E-state index in [9.17, 15) is 17.6 Å². The minimum atomic E-state index is -3.72. The molecule has 1 aliphatic heterocycles. The van der Waals surface area contributed by atoms with Gasteiger partial charge < -0.3 is 9.73 Å². The van der Waals surface area contributed by atoms with Crippen LogP contribution in [0.2, 0.25) is 0 Å². The number of benzene rings is 1. The molecule has 0 saturated carbocycles. The van der Waals surface area contributed by atoms with E-state index in [0.29, 0.717) is 18.6 Å². The van der Waals surface area contributed by atoms with Crippen LogP contribution in [0.15, 0.2) is 45.7 Å². The maximum Gasteiger partial charge on any atom is 0.287 e. The molecule has 0 unspecified atom stereocenters. The summed E-state index contributed by atoms with van der Waals surface area (Å²) >= 11 is 0. The fourth-order valence-corrected chi connectivity index (χ4v) is 4.33. The molecule has 2 aromatic rings. The highest BCUT2D eigenvalue weighted by Crippen LogP contribution is 2.21. The molecule has 1 saturated heterocycles. The van der Waals surface area contributed by atoms with Crippen molar-refractivity contribution in [3.63, 3.8) is 0 Å². The average Bonchev–Trinajstić information content (AvgIpc) is 3.02. The zero-order chi connectivity index (χ0) is 18.0. The number of nitrogens with zero attached hydrogens (tertiary/aromatic N) is 1. The van der Waals surface area contributed by atoms with Gasteiger partial charge in [0.25, 0.3) is 5.91 Å². The first-order chi connectivity index (χ1) is 11.9. The van der Waals surface area contributed by atoms with Crippen molar-refractivity contribution in [1.29, 1.82) is 0 Å². The van der Waals surface area contributed by atoms with Gasteiger partial charge in [-0.3, -0.25) is 4.79 Å². The third-order valence-corrected chi connectivity index (χ3v) is 6.08. The summed E-state index contributed by atoms with van der Waals surface area (Å²) in [5.74, 6) is 0.00460. The number of piperidine rings is 1. The second kappa shape index (κ2) is 6.97. The summed E-state index contributed by atoms with van der Waals surface area (Å²) in [6.45, 7) is 2.29. The van der Waals surface area contributed by atoms with Gasteiger partial charge in [-0.25, -0.2) is 12.8 Å². The number of furan rings is 1. The van der Waals surface area contributed by atoms with Crippen molar-refractivity contribution in [3.05, 3.63) is 53.7 Å². The SMILES string of the molecule is Cc1ccc(C(=O)NC2CCN(S(=O)(=O)c3cccc(F)c3)CC2)o1. The van der Waals surface area contributed by atoms with E-state index in [4.69, 9.17) is 4.42 Å². The van der Waals surface area contributed by atoms with Gasteiger partial charge in [0.2, 0.25) is 10.0 Å². The Labute approximate surface area is 145 Å². The average molecular weight is 366 g/mol. The van der Waals surface area contributed by atoms with Crippen molar-refractivity contribution >= 4 is 15.9 Å². The van der Waals surface area contributed by atoms with Crippen LogP contribution in [0.5, 0.6) is 0 Å². The molecule has 1 fully saturated rings. The van der Waals surface area contributed by atoms with Crippen LogP contribution < -0.4 is 5.32 Å². The van der Waals surface area contributed by atoms with Crippen LogP contribution in [0.25, 0.3) is 0 Å². The number of rotatable bonds is 4. The Hall–Kier alpha value is -2.19. The van der Waals surface area contributed by atoms with Gasteiger partial charge in [-0.05, 0) is 50.1 Å². The first-order valence-electron chi connectivity index (χ1n) is 7.99. The van der Waals surface area contributed by atoms with E-state index < -0.39 is 15.8 Å². The zero-order valence-corrected chi connectivity index (χ0v) is 14.6. The number of carbonyl (C=O) groups excluding carboxylic acids is 1. The van der Waals surface area contributed by atoms with E-state index >= 15 is 0 Å². The summed E-state index contributed by atoms with van der Waals surface area (Å²) in [6.07, 6.45) is 0.972. The fraction of sp³-hybridized carbons (Fsp3) is 0.353. The molecule has 25 heavy (non-hydrogen) atoms. The lowest BCUT2D eigenvalue weighted by atomic mass is 10.1. The summed E-state index contributed by atoms with van der Waals surface area (Å²) < 4.78 is 45.0. The number of nitrogens with one attached hydrogen (secondary N) is 1. The molecular weight excluding hydrogens is 347 g/mol. The van der Waals surface area contributed by atoms with Crippen LogP contribution in [-0.4, -0.2) is 37.8 Å². The molecule has 2 heterocycles. The lowest BCUT2D eigenvalue weighted by Gasteiger charge is -2.31. The lowest BCUT2D eigenvalue weighted by molar-refractivity contribution is 0.0894. The van der Waals surface area contributed by atoms with E-state index in [1.54, 1.807) is 19.1 Å².